The highest BCUT2D eigenvalue weighted by Gasteiger charge is 2.33. The Morgan fingerprint density at radius 3 is 2.89 bits per heavy atom. The van der Waals surface area contributed by atoms with Gasteiger partial charge in [0.25, 0.3) is 5.91 Å². The smallest absolute Gasteiger partial charge is 0.255 e. The molecule has 0 aliphatic carbocycles. The summed E-state index contributed by atoms with van der Waals surface area (Å²) in [5.74, 6) is -0.0889. The van der Waals surface area contributed by atoms with Crippen molar-refractivity contribution in [3.63, 3.8) is 0 Å². The monoisotopic (exact) mass is 302 g/mol. The number of halogens is 2. The molecule has 0 spiro atoms. The number of pyridine rings is 1. The topological polar surface area (TPSA) is 42.4 Å². The fourth-order valence-electron chi connectivity index (χ4n) is 2.27. The van der Waals surface area contributed by atoms with Gasteiger partial charge in [0.1, 0.15) is 5.15 Å². The molecule has 1 aromatic rings. The quantitative estimate of drug-likeness (QED) is 0.789. The number of ether oxygens (including phenoxy) is 1. The Morgan fingerprint density at radius 2 is 2.26 bits per heavy atom. The number of amides is 1. The lowest BCUT2D eigenvalue weighted by Crippen LogP contribution is -2.49. The van der Waals surface area contributed by atoms with E-state index in [1.165, 1.54) is 6.20 Å². The van der Waals surface area contributed by atoms with Gasteiger partial charge in [-0.25, -0.2) is 4.98 Å². The molecule has 6 heteroatoms. The molecule has 1 atom stereocenters. The Labute approximate surface area is 122 Å². The van der Waals surface area contributed by atoms with Crippen molar-refractivity contribution in [1.29, 1.82) is 0 Å². The third-order valence-corrected chi connectivity index (χ3v) is 4.17. The van der Waals surface area contributed by atoms with Gasteiger partial charge in [0.2, 0.25) is 0 Å². The van der Waals surface area contributed by atoms with Crippen LogP contribution in [0.25, 0.3) is 0 Å². The van der Waals surface area contributed by atoms with Crippen molar-refractivity contribution in [1.82, 2.24) is 9.88 Å². The van der Waals surface area contributed by atoms with Gasteiger partial charge in [-0.3, -0.25) is 4.79 Å². The van der Waals surface area contributed by atoms with Gasteiger partial charge in [0.15, 0.2) is 0 Å². The van der Waals surface area contributed by atoms with Crippen LogP contribution in [0.5, 0.6) is 0 Å². The van der Waals surface area contributed by atoms with Gasteiger partial charge in [-0.05, 0) is 25.8 Å². The second-order valence-corrected chi connectivity index (χ2v) is 5.75. The molecule has 1 saturated heterocycles. The van der Waals surface area contributed by atoms with Gasteiger partial charge < -0.3 is 9.64 Å². The minimum absolute atomic E-state index is 0.0889. The molecule has 2 heterocycles. The SMILES string of the molecule is COC1(C)CCCN(C(=O)c2cnc(Cl)c(Cl)c2)C1. The average Bonchev–Trinajstić information content (AvgIpc) is 2.41. The lowest BCUT2D eigenvalue weighted by atomic mass is 9.94. The standard InChI is InChI=1S/C13H16Cl2N2O2/c1-13(19-2)4-3-5-17(8-13)12(18)9-6-10(14)11(15)16-7-9/h6-7H,3-5,8H2,1-2H3. The average molecular weight is 303 g/mol. The van der Waals surface area contributed by atoms with Gasteiger partial charge in [-0.1, -0.05) is 23.2 Å². The molecule has 1 aromatic heterocycles. The molecule has 0 N–H and O–H groups in total. The predicted octanol–water partition coefficient (Wildman–Crippen LogP) is 3.03. The highest BCUT2D eigenvalue weighted by molar-refractivity contribution is 6.41. The number of piperidine rings is 1. The van der Waals surface area contributed by atoms with Gasteiger partial charge in [-0.15, -0.1) is 0 Å². The maximum atomic E-state index is 12.4. The molecule has 0 bridgehead atoms. The lowest BCUT2D eigenvalue weighted by Gasteiger charge is -2.39. The highest BCUT2D eigenvalue weighted by atomic mass is 35.5. The summed E-state index contributed by atoms with van der Waals surface area (Å²) in [6.45, 7) is 3.31. The first kappa shape index (κ1) is 14.6. The summed E-state index contributed by atoms with van der Waals surface area (Å²) in [4.78, 5) is 18.1. The largest absolute Gasteiger partial charge is 0.377 e. The first-order chi connectivity index (χ1) is 8.95. The van der Waals surface area contributed by atoms with Crippen LogP contribution < -0.4 is 0 Å². The van der Waals surface area contributed by atoms with Crippen LogP contribution >= 0.6 is 23.2 Å². The van der Waals surface area contributed by atoms with E-state index in [4.69, 9.17) is 27.9 Å². The van der Waals surface area contributed by atoms with Crippen molar-refractivity contribution in [2.45, 2.75) is 25.4 Å². The number of hydrogen-bond acceptors (Lipinski definition) is 3. The Hall–Kier alpha value is -0.840. The Balaban J connectivity index is 2.17. The molecule has 1 amide bonds. The molecule has 1 aliphatic rings. The molecule has 19 heavy (non-hydrogen) atoms. The van der Waals surface area contributed by atoms with Crippen LogP contribution in [0.4, 0.5) is 0 Å². The Morgan fingerprint density at radius 1 is 1.53 bits per heavy atom. The van der Waals surface area contributed by atoms with Crippen LogP contribution in [-0.4, -0.2) is 41.6 Å². The molecule has 1 unspecified atom stereocenters. The van der Waals surface area contributed by atoms with Crippen molar-refractivity contribution >= 4 is 29.1 Å². The van der Waals surface area contributed by atoms with Crippen molar-refractivity contribution in [2.24, 2.45) is 0 Å². The normalized spacial score (nSPS) is 23.5. The van der Waals surface area contributed by atoms with E-state index in [1.54, 1.807) is 18.1 Å². The van der Waals surface area contributed by atoms with Crippen molar-refractivity contribution in [3.8, 4) is 0 Å². The number of carbonyl (C=O) groups excluding carboxylic acids is 1. The van der Waals surface area contributed by atoms with Crippen molar-refractivity contribution < 1.29 is 9.53 Å². The fourth-order valence-corrected chi connectivity index (χ4v) is 2.54. The number of methoxy groups -OCH3 is 1. The summed E-state index contributed by atoms with van der Waals surface area (Å²) in [6, 6.07) is 1.55. The molecular weight excluding hydrogens is 287 g/mol. The number of likely N-dealkylation sites (tertiary alicyclic amines) is 1. The van der Waals surface area contributed by atoms with Crippen LogP contribution in [-0.2, 0) is 4.74 Å². The molecule has 1 fully saturated rings. The molecular formula is C13H16Cl2N2O2. The third-order valence-electron chi connectivity index (χ3n) is 3.48. The molecule has 0 aromatic carbocycles. The minimum Gasteiger partial charge on any atom is -0.377 e. The van der Waals surface area contributed by atoms with Crippen molar-refractivity contribution in [2.75, 3.05) is 20.2 Å². The third kappa shape index (κ3) is 3.19. The van der Waals surface area contributed by atoms with Crippen LogP contribution in [0.15, 0.2) is 12.3 Å². The van der Waals surface area contributed by atoms with Crippen LogP contribution in [0.2, 0.25) is 10.2 Å². The molecule has 1 aliphatic heterocycles. The zero-order valence-electron chi connectivity index (χ0n) is 10.9. The van der Waals surface area contributed by atoms with E-state index in [-0.39, 0.29) is 16.7 Å². The predicted molar refractivity (Wildman–Crippen MR) is 74.8 cm³/mol. The number of nitrogens with zero attached hydrogens (tertiary/aromatic N) is 2. The number of carbonyl (C=O) groups is 1. The summed E-state index contributed by atoms with van der Waals surface area (Å²) in [6.07, 6.45) is 3.33. The summed E-state index contributed by atoms with van der Waals surface area (Å²) in [5.41, 5.74) is 0.173. The zero-order chi connectivity index (χ0) is 14.0. The zero-order valence-corrected chi connectivity index (χ0v) is 12.5. The summed E-state index contributed by atoms with van der Waals surface area (Å²) >= 11 is 11.6. The number of hydrogen-bond donors (Lipinski definition) is 0. The first-order valence-electron chi connectivity index (χ1n) is 6.11. The fraction of sp³-hybridized carbons (Fsp3) is 0.538. The molecule has 2 rings (SSSR count). The summed E-state index contributed by atoms with van der Waals surface area (Å²) in [7, 11) is 1.68. The first-order valence-corrected chi connectivity index (χ1v) is 6.86. The molecule has 104 valence electrons. The van der Waals surface area contributed by atoms with E-state index < -0.39 is 0 Å². The minimum atomic E-state index is -0.280. The van der Waals surface area contributed by atoms with E-state index in [0.29, 0.717) is 17.1 Å². The van der Waals surface area contributed by atoms with Crippen LogP contribution in [0.3, 0.4) is 0 Å². The van der Waals surface area contributed by atoms with E-state index in [0.717, 1.165) is 19.4 Å². The Kier molecular flexibility index (Phi) is 4.33. The second-order valence-electron chi connectivity index (χ2n) is 4.98. The second kappa shape index (κ2) is 5.65. The number of aromatic nitrogens is 1. The molecule has 0 radical (unpaired) electrons. The van der Waals surface area contributed by atoms with Gasteiger partial charge in [-0.2, -0.15) is 0 Å². The molecule has 4 nitrogen and oxygen atoms in total. The van der Waals surface area contributed by atoms with Gasteiger partial charge >= 0.3 is 0 Å². The van der Waals surface area contributed by atoms with Gasteiger partial charge in [0.05, 0.1) is 16.2 Å². The van der Waals surface area contributed by atoms with Crippen LogP contribution in [0, 0.1) is 0 Å². The maximum absolute atomic E-state index is 12.4. The lowest BCUT2D eigenvalue weighted by molar-refractivity contribution is -0.0440. The van der Waals surface area contributed by atoms with E-state index in [9.17, 15) is 4.79 Å². The maximum Gasteiger partial charge on any atom is 0.255 e. The summed E-state index contributed by atoms with van der Waals surface area (Å²) in [5, 5.41) is 0.498. The highest BCUT2D eigenvalue weighted by Crippen LogP contribution is 2.26. The Bertz CT molecular complexity index is 496. The molecule has 0 saturated carbocycles. The van der Waals surface area contributed by atoms with Gasteiger partial charge in [0, 0.05) is 26.4 Å². The summed E-state index contributed by atoms with van der Waals surface area (Å²) < 4.78 is 5.48. The van der Waals surface area contributed by atoms with E-state index in [1.807, 2.05) is 6.92 Å². The van der Waals surface area contributed by atoms with Crippen molar-refractivity contribution in [3.05, 3.63) is 28.0 Å². The number of rotatable bonds is 2. The van der Waals surface area contributed by atoms with Crippen LogP contribution in [0.1, 0.15) is 30.1 Å². The van der Waals surface area contributed by atoms with E-state index >= 15 is 0 Å². The van der Waals surface area contributed by atoms with E-state index in [2.05, 4.69) is 4.98 Å².